The number of aliphatic hydroxyl groups excluding tert-OH is 1. The van der Waals surface area contributed by atoms with E-state index in [9.17, 15) is 43.2 Å². The van der Waals surface area contributed by atoms with Crippen LogP contribution >= 0.6 is 15.6 Å². The summed E-state index contributed by atoms with van der Waals surface area (Å²) in [6.45, 7) is 4.06. The Morgan fingerprint density at radius 2 is 0.519 bits per heavy atom. The first-order valence-electron chi connectivity index (χ1n) is 39.3. The van der Waals surface area contributed by atoms with Gasteiger partial charge in [0.1, 0.15) is 19.3 Å². The highest BCUT2D eigenvalue weighted by molar-refractivity contribution is 7.47. The maximum atomic E-state index is 13.1. The van der Waals surface area contributed by atoms with Crippen molar-refractivity contribution < 1.29 is 80.2 Å². The normalized spacial score (nSPS) is 15.1. The summed E-state index contributed by atoms with van der Waals surface area (Å²) in [5, 5.41) is 10.6. The number of esters is 4. The summed E-state index contributed by atoms with van der Waals surface area (Å²) in [5.74, 6) is -2.56. The first-order valence-corrected chi connectivity index (χ1v) is 42.3. The lowest BCUT2D eigenvalue weighted by Crippen LogP contribution is -2.30. The van der Waals surface area contributed by atoms with Crippen LogP contribution in [-0.2, 0) is 65.4 Å². The van der Waals surface area contributed by atoms with E-state index in [0.717, 1.165) is 141 Å². The molecule has 0 radical (unpaired) electrons. The number of rotatable bonds is 70. The highest BCUT2D eigenvalue weighted by Gasteiger charge is 2.30. The van der Waals surface area contributed by atoms with E-state index in [1.54, 1.807) is 12.2 Å². The Labute approximate surface area is 650 Å². The third-order valence-electron chi connectivity index (χ3n) is 14.8. The van der Waals surface area contributed by atoms with Crippen LogP contribution in [0.5, 0.6) is 0 Å². The van der Waals surface area contributed by atoms with E-state index >= 15 is 0 Å². The van der Waals surface area contributed by atoms with Gasteiger partial charge < -0.3 is 33.8 Å². The fourth-order valence-electron chi connectivity index (χ4n) is 9.05. The van der Waals surface area contributed by atoms with Gasteiger partial charge in [0.2, 0.25) is 0 Å². The van der Waals surface area contributed by atoms with E-state index in [1.807, 2.05) is 42.5 Å². The average Bonchev–Trinajstić information content (AvgIpc) is 0.901. The standard InChI is InChI=1S/C89H134O17P2/c1-5-9-13-17-21-25-29-33-37-40-41-44-47-50-54-58-62-66-70-74-87(92)100-79-84(105-88(93)75-71-67-63-59-55-51-45-36-32-28-24-20-16-12-8-4)81-103-107(95,96)101-77-83(90)78-102-108(97,98)104-82-85(106-89(94)76-72-68-64-60-56-52-48-43-39-35-31-27-23-19-15-11-7-3)80-99-86(91)73-69-65-61-57-53-49-46-42-38-34-30-26-22-18-14-10-6-2/h9-16,21-28,33-39,41,44-46,48-50,52,54-55,57,59,61-62,66-67,71,83-85,90H,5-8,17-20,29-32,40,42-43,47,51,53,56,58,60,63-65,68-70,72-82H2,1-4H3,(H,95,96)(H,97,98)/b13-9-,14-10-,15-11-,16-12-,25-21-,26-22-,27-23-,28-24-,37-33-,38-34-,39-35-,44-41-,45-36-,49-46-,52-48-,54-50-,59-55-,61-57-,66-62-,71-67-. The lowest BCUT2D eigenvalue weighted by molar-refractivity contribution is -0.161. The first-order chi connectivity index (χ1) is 52.7. The number of phosphoric acid groups is 2. The molecule has 0 fully saturated rings. The molecule has 0 amide bonds. The summed E-state index contributed by atoms with van der Waals surface area (Å²) in [7, 11) is -10.1. The first kappa shape index (κ1) is 101. The molecule has 0 saturated carbocycles. The second-order valence-electron chi connectivity index (χ2n) is 24.8. The van der Waals surface area contributed by atoms with Gasteiger partial charge in [-0.2, -0.15) is 0 Å². The molecule has 0 aliphatic carbocycles. The molecule has 0 aromatic heterocycles. The molecule has 3 N–H and O–H groups in total. The Morgan fingerprint density at radius 3 is 0.852 bits per heavy atom. The van der Waals surface area contributed by atoms with Gasteiger partial charge in [-0.25, -0.2) is 9.13 Å². The molecule has 0 rings (SSSR count). The molecule has 0 heterocycles. The maximum absolute atomic E-state index is 13.1. The van der Waals surface area contributed by atoms with Crippen molar-refractivity contribution in [2.24, 2.45) is 0 Å². The monoisotopic (exact) mass is 1540 g/mol. The molecule has 0 aliphatic heterocycles. The number of ether oxygens (including phenoxy) is 4. The highest BCUT2D eigenvalue weighted by Crippen LogP contribution is 2.45. The van der Waals surface area contributed by atoms with Crippen molar-refractivity contribution in [1.82, 2.24) is 0 Å². The fraction of sp³-hybridized carbons (Fsp3) is 0.506. The smallest absolute Gasteiger partial charge is 0.462 e. The van der Waals surface area contributed by atoms with Crippen LogP contribution in [0.2, 0.25) is 0 Å². The van der Waals surface area contributed by atoms with Gasteiger partial charge in [-0.3, -0.25) is 37.3 Å². The fourth-order valence-corrected chi connectivity index (χ4v) is 10.6. The van der Waals surface area contributed by atoms with Crippen LogP contribution in [0.25, 0.3) is 0 Å². The van der Waals surface area contributed by atoms with Gasteiger partial charge in [-0.1, -0.05) is 284 Å². The van der Waals surface area contributed by atoms with Crippen molar-refractivity contribution in [2.75, 3.05) is 39.6 Å². The number of hydrogen-bond donors (Lipinski definition) is 3. The van der Waals surface area contributed by atoms with E-state index in [4.69, 9.17) is 37.0 Å². The average molecular weight is 1540 g/mol. The minimum absolute atomic E-state index is 0.00374. The molecule has 19 heteroatoms. The SMILES string of the molecule is CC/C=C\C/C=C\C/C=C\C/C=C\C/C=C\C/C=C\CCC(=O)OCC(COP(=O)(O)OCC(O)COP(=O)(O)OCC(COC(=O)CCC/C=C\C/C=C\C/C=C\C/C=C\C/C=C\CC)OC(=O)CCCCCC/C=C\C/C=C\C/C=C\C/C=C\CC)OC(=O)C/C=C\C/C=C\C/C=C\C/C=C\C/C=C\CC. The minimum Gasteiger partial charge on any atom is -0.462 e. The quantitative estimate of drug-likeness (QED) is 0.0169. The number of carbonyl (C=O) groups is 4. The minimum atomic E-state index is -5.04. The lowest BCUT2D eigenvalue weighted by Gasteiger charge is -2.21. The van der Waals surface area contributed by atoms with Crippen LogP contribution in [0.3, 0.4) is 0 Å². The van der Waals surface area contributed by atoms with Crippen LogP contribution in [0.1, 0.15) is 233 Å². The number of carbonyl (C=O) groups excluding carboxylic acids is 4. The van der Waals surface area contributed by atoms with Crippen molar-refractivity contribution in [1.29, 1.82) is 0 Å². The number of phosphoric ester groups is 2. The largest absolute Gasteiger partial charge is 0.472 e. The van der Waals surface area contributed by atoms with E-state index in [1.165, 1.54) is 0 Å². The molecule has 602 valence electrons. The number of hydrogen-bond acceptors (Lipinski definition) is 15. The van der Waals surface area contributed by atoms with Crippen LogP contribution in [-0.4, -0.2) is 96.7 Å². The summed E-state index contributed by atoms with van der Waals surface area (Å²) >= 11 is 0. The van der Waals surface area contributed by atoms with Crippen molar-refractivity contribution >= 4 is 39.5 Å². The van der Waals surface area contributed by atoms with Gasteiger partial charge in [-0.15, -0.1) is 0 Å². The van der Waals surface area contributed by atoms with Crippen molar-refractivity contribution in [3.05, 3.63) is 243 Å². The molecule has 0 aliphatic rings. The predicted octanol–water partition coefficient (Wildman–Crippen LogP) is 23.2. The Bertz CT molecular complexity index is 3010. The number of allylic oxidation sites excluding steroid dienone is 39. The number of unbranched alkanes of at least 4 members (excludes halogenated alkanes) is 5. The van der Waals surface area contributed by atoms with Crippen LogP contribution in [0.15, 0.2) is 243 Å². The zero-order valence-corrected chi connectivity index (χ0v) is 67.4. The lowest BCUT2D eigenvalue weighted by atomic mass is 10.1. The second-order valence-corrected chi connectivity index (χ2v) is 27.7. The van der Waals surface area contributed by atoms with Crippen LogP contribution in [0, 0.1) is 0 Å². The van der Waals surface area contributed by atoms with Crippen molar-refractivity contribution in [3.63, 3.8) is 0 Å². The van der Waals surface area contributed by atoms with Gasteiger partial charge in [-0.05, 0) is 167 Å². The number of aliphatic hydroxyl groups is 1. The van der Waals surface area contributed by atoms with Crippen molar-refractivity contribution in [3.8, 4) is 0 Å². The summed E-state index contributed by atoms with van der Waals surface area (Å²) in [6, 6.07) is 0. The van der Waals surface area contributed by atoms with Gasteiger partial charge in [0, 0.05) is 19.3 Å². The van der Waals surface area contributed by atoms with Gasteiger partial charge in [0.25, 0.3) is 0 Å². The Kier molecular flexibility index (Phi) is 72.8. The Balaban J connectivity index is 5.61. The second kappa shape index (κ2) is 78.0. The molecule has 0 spiro atoms. The van der Waals surface area contributed by atoms with Crippen LogP contribution < -0.4 is 0 Å². The molecule has 0 aromatic rings. The van der Waals surface area contributed by atoms with E-state index in [2.05, 4.69) is 216 Å². The molecule has 5 atom stereocenters. The zero-order valence-electron chi connectivity index (χ0n) is 65.6. The summed E-state index contributed by atoms with van der Waals surface area (Å²) in [6.07, 6.45) is 102. The maximum Gasteiger partial charge on any atom is 0.472 e. The van der Waals surface area contributed by atoms with Gasteiger partial charge in [0.15, 0.2) is 12.2 Å². The highest BCUT2D eigenvalue weighted by atomic mass is 31.2. The summed E-state index contributed by atoms with van der Waals surface area (Å²) in [5.41, 5.74) is 0. The van der Waals surface area contributed by atoms with Gasteiger partial charge >= 0.3 is 39.5 Å². The van der Waals surface area contributed by atoms with Gasteiger partial charge in [0.05, 0.1) is 32.8 Å². The topological polar surface area (TPSA) is 237 Å². The molecular weight excluding hydrogens is 1400 g/mol. The third kappa shape index (κ3) is 77.0. The molecule has 0 aromatic carbocycles. The van der Waals surface area contributed by atoms with Crippen molar-refractivity contribution in [2.45, 2.75) is 251 Å². The van der Waals surface area contributed by atoms with Crippen LogP contribution in [0.4, 0.5) is 0 Å². The summed E-state index contributed by atoms with van der Waals surface area (Å²) < 4.78 is 68.3. The zero-order chi connectivity index (χ0) is 78.9. The molecule has 5 unspecified atom stereocenters. The molecule has 0 saturated heterocycles. The van der Waals surface area contributed by atoms with E-state index in [0.29, 0.717) is 38.5 Å². The molecule has 108 heavy (non-hydrogen) atoms. The predicted molar refractivity (Wildman–Crippen MR) is 444 cm³/mol. The molecular formula is C89H134O17P2. The summed E-state index contributed by atoms with van der Waals surface area (Å²) in [4.78, 5) is 72.9. The van der Waals surface area contributed by atoms with E-state index in [-0.39, 0.29) is 25.7 Å². The Hall–Kier alpha value is -7.14. The molecule has 0 bridgehead atoms. The molecule has 17 nitrogen and oxygen atoms in total. The third-order valence-corrected chi connectivity index (χ3v) is 16.7. The Morgan fingerprint density at radius 1 is 0.269 bits per heavy atom. The van der Waals surface area contributed by atoms with E-state index < -0.39 is 97.5 Å².